The van der Waals surface area contributed by atoms with Crippen molar-refractivity contribution in [2.45, 2.75) is 72.6 Å². The molecule has 0 fully saturated rings. The average molecular weight is 528 g/mol. The van der Waals surface area contributed by atoms with E-state index in [0.717, 1.165) is 34.9 Å². The molecular weight excluding hydrogens is 486 g/mol. The van der Waals surface area contributed by atoms with Crippen LogP contribution in [0.4, 0.5) is 0 Å². The molecule has 1 heterocycles. The quantitative estimate of drug-likeness (QED) is 0.228. The van der Waals surface area contributed by atoms with E-state index in [0.29, 0.717) is 0 Å². The molecule has 0 unspecified atom stereocenters. The van der Waals surface area contributed by atoms with Crippen molar-refractivity contribution in [3.8, 4) is 39.6 Å². The molecule has 0 spiro atoms. The summed E-state index contributed by atoms with van der Waals surface area (Å²) < 4.78 is 2.27. The third-order valence-electron chi connectivity index (χ3n) is 7.77. The van der Waals surface area contributed by atoms with Crippen LogP contribution in [0.2, 0.25) is 0 Å². The van der Waals surface area contributed by atoms with Gasteiger partial charge in [-0.3, -0.25) is 4.57 Å². The van der Waals surface area contributed by atoms with E-state index >= 15 is 0 Å². The lowest BCUT2D eigenvalue weighted by molar-refractivity contribution is 0.585. The zero-order valence-electron chi connectivity index (χ0n) is 25.2. The van der Waals surface area contributed by atoms with E-state index in [1.54, 1.807) is 0 Å². The molecule has 0 radical (unpaired) electrons. The number of hydrogen-bond acceptors (Lipinski definition) is 2. The highest BCUT2D eigenvalue weighted by Crippen LogP contribution is 2.37. The summed E-state index contributed by atoms with van der Waals surface area (Å²) in [6.45, 7) is 18.0. The molecule has 5 rings (SSSR count). The van der Waals surface area contributed by atoms with Gasteiger partial charge in [-0.25, -0.2) is 0 Å². The molecule has 0 bridgehead atoms. The molecular formula is C37H41N3. The molecule has 40 heavy (non-hydrogen) atoms. The first kappa shape index (κ1) is 27.6. The Morgan fingerprint density at radius 3 is 1.95 bits per heavy atom. The van der Waals surface area contributed by atoms with Gasteiger partial charge in [0.2, 0.25) is 0 Å². The highest BCUT2D eigenvalue weighted by Gasteiger charge is 2.25. The van der Waals surface area contributed by atoms with Crippen molar-refractivity contribution < 1.29 is 0 Å². The number of hydrogen-bond donors (Lipinski definition) is 0. The van der Waals surface area contributed by atoms with Gasteiger partial charge in [0.25, 0.3) is 0 Å². The Bertz CT molecular complexity index is 1640. The van der Waals surface area contributed by atoms with Gasteiger partial charge in [0.15, 0.2) is 11.6 Å². The van der Waals surface area contributed by atoms with Crippen LogP contribution >= 0.6 is 0 Å². The van der Waals surface area contributed by atoms with Crippen LogP contribution in [0.1, 0.15) is 70.7 Å². The predicted octanol–water partition coefficient (Wildman–Crippen LogP) is 9.73. The van der Waals surface area contributed by atoms with E-state index in [9.17, 15) is 0 Å². The highest BCUT2D eigenvalue weighted by molar-refractivity contribution is 5.74. The summed E-state index contributed by atoms with van der Waals surface area (Å²) in [7, 11) is 0. The van der Waals surface area contributed by atoms with Gasteiger partial charge in [-0.1, -0.05) is 127 Å². The molecule has 204 valence electrons. The molecule has 0 N–H and O–H groups in total. The van der Waals surface area contributed by atoms with Crippen LogP contribution in [-0.4, -0.2) is 14.8 Å². The summed E-state index contributed by atoms with van der Waals surface area (Å²) in [5.74, 6) is 1.71. The standard InChI is InChI=1S/C37H41N3/c1-9-26-17-22-33(32(23-26)37(6,7)8)40-34(38-39-35(40)31-16-11-10-13-25(31)2)29-15-12-14-28(24-29)27-18-20-30(21-19-27)36(3,4)5/h10-24H,9H2,1-8H3. The second-order valence-electron chi connectivity index (χ2n) is 12.9. The number of aryl methyl sites for hydroxylation is 2. The number of benzene rings is 4. The van der Waals surface area contributed by atoms with Gasteiger partial charge >= 0.3 is 0 Å². The van der Waals surface area contributed by atoms with Crippen LogP contribution < -0.4 is 0 Å². The minimum atomic E-state index is -0.0539. The maximum Gasteiger partial charge on any atom is 0.169 e. The zero-order chi connectivity index (χ0) is 28.7. The summed E-state index contributed by atoms with van der Waals surface area (Å²) in [6, 6.07) is 32.9. The van der Waals surface area contributed by atoms with Crippen LogP contribution in [0.5, 0.6) is 0 Å². The van der Waals surface area contributed by atoms with Gasteiger partial charge in [-0.15, -0.1) is 10.2 Å². The lowest BCUT2D eigenvalue weighted by Gasteiger charge is -2.26. The van der Waals surface area contributed by atoms with E-state index in [1.165, 1.54) is 33.4 Å². The molecule has 5 aromatic rings. The topological polar surface area (TPSA) is 30.7 Å². The third kappa shape index (κ3) is 5.38. The van der Waals surface area contributed by atoms with Crippen LogP contribution in [-0.2, 0) is 17.3 Å². The first-order valence-corrected chi connectivity index (χ1v) is 14.3. The predicted molar refractivity (Wildman–Crippen MR) is 169 cm³/mol. The van der Waals surface area contributed by atoms with Crippen molar-refractivity contribution in [2.75, 3.05) is 0 Å². The number of nitrogens with zero attached hydrogens (tertiary/aromatic N) is 3. The van der Waals surface area contributed by atoms with Crippen molar-refractivity contribution in [1.82, 2.24) is 14.8 Å². The van der Waals surface area contributed by atoms with Crippen LogP contribution in [0.15, 0.2) is 91.0 Å². The summed E-state index contributed by atoms with van der Waals surface area (Å²) in [4.78, 5) is 0. The van der Waals surface area contributed by atoms with E-state index < -0.39 is 0 Å². The summed E-state index contributed by atoms with van der Waals surface area (Å²) in [5.41, 5.74) is 10.8. The van der Waals surface area contributed by atoms with Gasteiger partial charge in [-0.05, 0) is 69.7 Å². The maximum absolute atomic E-state index is 4.84. The summed E-state index contributed by atoms with van der Waals surface area (Å²) in [5, 5.41) is 9.66. The van der Waals surface area contributed by atoms with Crippen LogP contribution in [0, 0.1) is 6.92 Å². The minimum Gasteiger partial charge on any atom is -0.275 e. The van der Waals surface area contributed by atoms with Crippen molar-refractivity contribution in [3.05, 3.63) is 113 Å². The molecule has 0 aliphatic heterocycles. The minimum absolute atomic E-state index is 0.0539. The van der Waals surface area contributed by atoms with Gasteiger partial charge in [0.05, 0.1) is 5.69 Å². The molecule has 0 aliphatic rings. The van der Waals surface area contributed by atoms with E-state index in [1.807, 2.05) is 0 Å². The Morgan fingerprint density at radius 1 is 0.625 bits per heavy atom. The summed E-state index contributed by atoms with van der Waals surface area (Å²) >= 11 is 0. The fourth-order valence-electron chi connectivity index (χ4n) is 5.30. The second kappa shape index (κ2) is 10.5. The van der Waals surface area contributed by atoms with Gasteiger partial charge < -0.3 is 0 Å². The molecule has 0 atom stereocenters. The highest BCUT2D eigenvalue weighted by atomic mass is 15.3. The summed E-state index contributed by atoms with van der Waals surface area (Å²) in [6.07, 6.45) is 0.999. The van der Waals surface area contributed by atoms with Crippen molar-refractivity contribution in [3.63, 3.8) is 0 Å². The molecule has 4 aromatic carbocycles. The molecule has 0 aliphatic carbocycles. The molecule has 0 saturated carbocycles. The Morgan fingerprint density at radius 2 is 1.30 bits per heavy atom. The molecule has 3 nitrogen and oxygen atoms in total. The van der Waals surface area contributed by atoms with Crippen LogP contribution in [0.25, 0.3) is 39.6 Å². The Kier molecular flexibility index (Phi) is 7.27. The molecule has 0 amide bonds. The number of aromatic nitrogens is 3. The first-order chi connectivity index (χ1) is 19.0. The second-order valence-corrected chi connectivity index (χ2v) is 12.9. The fourth-order valence-corrected chi connectivity index (χ4v) is 5.30. The normalized spacial score (nSPS) is 12.1. The maximum atomic E-state index is 4.84. The molecule has 3 heteroatoms. The van der Waals surface area contributed by atoms with Gasteiger partial charge in [-0.2, -0.15) is 0 Å². The van der Waals surface area contributed by atoms with Crippen molar-refractivity contribution in [1.29, 1.82) is 0 Å². The smallest absolute Gasteiger partial charge is 0.169 e. The lowest BCUT2D eigenvalue weighted by Crippen LogP contribution is -2.17. The largest absolute Gasteiger partial charge is 0.275 e. The fraction of sp³-hybridized carbons (Fsp3) is 0.297. The zero-order valence-corrected chi connectivity index (χ0v) is 25.2. The average Bonchev–Trinajstić information content (AvgIpc) is 3.37. The van der Waals surface area contributed by atoms with E-state index in [2.05, 4.69) is 151 Å². The SMILES string of the molecule is CCc1ccc(-n2c(-c3cccc(-c4ccc(C(C)(C)C)cc4)c3)nnc2-c2ccccc2C)c(C(C)(C)C)c1. The Labute approximate surface area is 240 Å². The first-order valence-electron chi connectivity index (χ1n) is 14.3. The van der Waals surface area contributed by atoms with Crippen molar-refractivity contribution >= 4 is 0 Å². The Balaban J connectivity index is 1.72. The third-order valence-corrected chi connectivity index (χ3v) is 7.77. The number of rotatable bonds is 5. The van der Waals surface area contributed by atoms with E-state index in [-0.39, 0.29) is 10.8 Å². The van der Waals surface area contributed by atoms with Gasteiger partial charge in [0.1, 0.15) is 0 Å². The lowest BCUT2D eigenvalue weighted by atomic mass is 9.84. The molecule has 1 aromatic heterocycles. The monoisotopic (exact) mass is 527 g/mol. The Hall–Kier alpha value is -3.98. The van der Waals surface area contributed by atoms with E-state index in [4.69, 9.17) is 10.2 Å². The molecule has 0 saturated heterocycles. The van der Waals surface area contributed by atoms with Crippen molar-refractivity contribution in [2.24, 2.45) is 0 Å². The van der Waals surface area contributed by atoms with Gasteiger partial charge in [0, 0.05) is 11.1 Å². The van der Waals surface area contributed by atoms with Crippen LogP contribution in [0.3, 0.4) is 0 Å².